The van der Waals surface area contributed by atoms with E-state index in [4.69, 9.17) is 8.85 Å². The van der Waals surface area contributed by atoms with Crippen molar-refractivity contribution in [3.05, 3.63) is 134 Å². The Kier molecular flexibility index (Phi) is 12.2. The molecule has 0 bridgehead atoms. The minimum atomic E-state index is -2.85. The van der Waals surface area contributed by atoms with Crippen molar-refractivity contribution in [3.8, 4) is 11.5 Å². The van der Waals surface area contributed by atoms with Gasteiger partial charge in [-0.25, -0.2) is 0 Å². The smallest absolute Gasteiger partial charge is 0.261 e. The molecule has 48 heavy (non-hydrogen) atoms. The van der Waals surface area contributed by atoms with Gasteiger partial charge in [0.1, 0.15) is 8.07 Å². The third-order valence-electron chi connectivity index (χ3n) is 9.06. The maximum absolute atomic E-state index is 7.77. The second-order valence-corrected chi connectivity index (χ2v) is 29.2. The summed E-state index contributed by atoms with van der Waals surface area (Å²) in [6.45, 7) is 25.3. The van der Waals surface area contributed by atoms with Crippen LogP contribution in [0.5, 0.6) is 0 Å². The molecule has 0 aromatic heterocycles. The third kappa shape index (κ3) is 8.48. The molecule has 0 aliphatic rings. The highest BCUT2D eigenvalue weighted by Gasteiger charge is 2.53. The van der Waals surface area contributed by atoms with Crippen LogP contribution in [-0.4, -0.2) is 36.9 Å². The van der Waals surface area contributed by atoms with Crippen molar-refractivity contribution < 1.29 is 8.85 Å². The number of hydrogen-bond donors (Lipinski definition) is 0. The van der Waals surface area contributed by atoms with Gasteiger partial charge < -0.3 is 8.85 Å². The van der Waals surface area contributed by atoms with E-state index < -0.39 is 24.7 Å². The molecule has 0 saturated heterocycles. The van der Waals surface area contributed by atoms with E-state index in [-0.39, 0.29) is 22.3 Å². The maximum Gasteiger partial charge on any atom is 0.261 e. The molecule has 0 fully saturated rings. The normalized spacial score (nSPS) is 14.0. The van der Waals surface area contributed by atoms with E-state index in [2.05, 4.69) is 201 Å². The van der Waals surface area contributed by atoms with Crippen molar-refractivity contribution in [1.82, 2.24) is 0 Å². The summed E-state index contributed by atoms with van der Waals surface area (Å²) in [6.07, 6.45) is 2.91. The highest BCUT2D eigenvalue weighted by molar-refractivity contribution is 7.00. The van der Waals surface area contributed by atoms with Crippen LogP contribution in [0, 0.1) is 11.5 Å². The van der Waals surface area contributed by atoms with Crippen molar-refractivity contribution in [3.63, 3.8) is 0 Å². The van der Waals surface area contributed by atoms with E-state index in [1.165, 1.54) is 20.7 Å². The van der Waals surface area contributed by atoms with Crippen molar-refractivity contribution in [2.75, 3.05) is 0 Å². The molecule has 4 aromatic carbocycles. The van der Waals surface area contributed by atoms with Gasteiger partial charge in [0.05, 0.1) is 12.2 Å². The topological polar surface area (TPSA) is 18.5 Å². The van der Waals surface area contributed by atoms with Crippen LogP contribution in [0.2, 0.25) is 29.7 Å². The van der Waals surface area contributed by atoms with Crippen molar-refractivity contribution in [2.45, 2.75) is 96.3 Å². The summed E-state index contributed by atoms with van der Waals surface area (Å²) in [5.41, 5.74) is 3.64. The molecule has 0 aliphatic heterocycles. The summed E-state index contributed by atoms with van der Waals surface area (Å²) in [5.74, 6) is 3.62. The quantitative estimate of drug-likeness (QED) is 0.0843. The van der Waals surface area contributed by atoms with Gasteiger partial charge in [-0.3, -0.25) is 0 Å². The van der Waals surface area contributed by atoms with Crippen LogP contribution in [0.1, 0.15) is 54.4 Å². The van der Waals surface area contributed by atoms with Crippen molar-refractivity contribution in [1.29, 1.82) is 0 Å². The van der Waals surface area contributed by atoms with Crippen LogP contribution < -0.4 is 20.7 Å². The van der Waals surface area contributed by atoms with Crippen LogP contribution in [0.15, 0.2) is 134 Å². The first kappa shape index (κ1) is 37.6. The summed E-state index contributed by atoms with van der Waals surface area (Å²) >= 11 is 0. The summed E-state index contributed by atoms with van der Waals surface area (Å²) in [5, 5.41) is 4.77. The monoisotopic (exact) mass is 688 g/mol. The first-order valence-corrected chi connectivity index (χ1v) is 24.7. The van der Waals surface area contributed by atoms with Crippen LogP contribution in [0.25, 0.3) is 0 Å². The molecule has 0 amide bonds. The van der Waals surface area contributed by atoms with Crippen LogP contribution in [0.3, 0.4) is 0 Å². The zero-order valence-electron chi connectivity index (χ0n) is 30.7. The first-order valence-electron chi connectivity index (χ1n) is 17.3. The number of benzene rings is 4. The Balaban J connectivity index is 1.88. The van der Waals surface area contributed by atoms with Crippen LogP contribution in [0.4, 0.5) is 0 Å². The fraction of sp³-hybridized carbons (Fsp3) is 0.349. The van der Waals surface area contributed by atoms with E-state index >= 15 is 0 Å². The second-order valence-electron chi connectivity index (χ2n) is 15.9. The molecule has 2 nitrogen and oxygen atoms in total. The molecule has 0 radical (unpaired) electrons. The van der Waals surface area contributed by atoms with Crippen LogP contribution >= 0.6 is 0 Å². The molecule has 252 valence electrons. The second kappa shape index (κ2) is 15.5. The Morgan fingerprint density at radius 1 is 0.583 bits per heavy atom. The molecule has 0 heterocycles. The van der Waals surface area contributed by atoms with Crippen molar-refractivity contribution in [2.24, 2.45) is 0 Å². The molecule has 0 saturated carbocycles. The maximum atomic E-state index is 7.77. The lowest BCUT2D eigenvalue weighted by molar-refractivity contribution is 0.123. The summed E-state index contributed by atoms with van der Waals surface area (Å²) in [4.78, 5) is 0. The average molecular weight is 689 g/mol. The van der Waals surface area contributed by atoms with Gasteiger partial charge in [0, 0.05) is 12.8 Å². The van der Waals surface area contributed by atoms with Crippen LogP contribution in [-0.2, 0) is 8.85 Å². The van der Waals surface area contributed by atoms with E-state index in [0.29, 0.717) is 12.8 Å². The molecule has 0 aliphatic carbocycles. The molecule has 5 heteroatoms. The predicted molar refractivity (Wildman–Crippen MR) is 216 cm³/mol. The fourth-order valence-electron chi connectivity index (χ4n) is 6.91. The zero-order chi connectivity index (χ0) is 35.1. The summed E-state index contributed by atoms with van der Waals surface area (Å²) < 4.78 is 15.4. The Labute approximate surface area is 294 Å². The molecular weight excluding hydrogens is 633 g/mol. The number of hydrogen-bond acceptors (Lipinski definition) is 2. The van der Waals surface area contributed by atoms with Gasteiger partial charge in [-0.15, -0.1) is 18.0 Å². The third-order valence-corrected chi connectivity index (χ3v) is 20.1. The van der Waals surface area contributed by atoms with Gasteiger partial charge in [0.2, 0.25) is 0 Å². The van der Waals surface area contributed by atoms with E-state index in [1.807, 2.05) is 6.08 Å². The standard InChI is InChI=1S/C43H56O2Si3/c1-11-36(44-47(42(2,3)4,38-26-16-12-17-27-38)39-28-18-13-19-29-39)35-37(25-24-34-46(8,9)10)45-48(43(5,6)7,40-30-20-14-21-31-40)41-32-22-15-23-33-41/h11-23,26-33,36-37H,1,25,35H2,2-10H3/t36-,37-/m1/s1. The van der Waals surface area contributed by atoms with Gasteiger partial charge >= 0.3 is 0 Å². The molecule has 0 spiro atoms. The van der Waals surface area contributed by atoms with Crippen molar-refractivity contribution >= 4 is 45.5 Å². The molecule has 4 rings (SSSR count). The minimum absolute atomic E-state index is 0.150. The zero-order valence-corrected chi connectivity index (χ0v) is 33.7. The highest BCUT2D eigenvalue weighted by atomic mass is 28.4. The Bertz CT molecular complexity index is 1560. The Morgan fingerprint density at radius 2 is 0.917 bits per heavy atom. The lowest BCUT2D eigenvalue weighted by atomic mass is 10.1. The molecule has 4 aromatic rings. The van der Waals surface area contributed by atoms with Gasteiger partial charge in [-0.2, -0.15) is 0 Å². The minimum Gasteiger partial charge on any atom is -0.403 e. The predicted octanol–water partition coefficient (Wildman–Crippen LogP) is 8.72. The van der Waals surface area contributed by atoms with E-state index in [1.54, 1.807) is 0 Å². The van der Waals surface area contributed by atoms with Gasteiger partial charge in [-0.05, 0) is 30.8 Å². The number of rotatable bonds is 12. The van der Waals surface area contributed by atoms with E-state index in [9.17, 15) is 0 Å². The molecular formula is C43H56O2Si3. The molecule has 0 unspecified atom stereocenters. The lowest BCUT2D eigenvalue weighted by Gasteiger charge is -2.47. The largest absolute Gasteiger partial charge is 0.403 e. The Hall–Kier alpha value is -3.25. The molecule has 0 N–H and O–H groups in total. The van der Waals surface area contributed by atoms with E-state index in [0.717, 1.165) is 0 Å². The highest BCUT2D eigenvalue weighted by Crippen LogP contribution is 2.40. The fourth-order valence-corrected chi connectivity index (χ4v) is 16.9. The lowest BCUT2D eigenvalue weighted by Crippen LogP contribution is -2.68. The average Bonchev–Trinajstić information content (AvgIpc) is 3.05. The Morgan fingerprint density at radius 3 is 1.21 bits per heavy atom. The first-order chi connectivity index (χ1) is 22.6. The van der Waals surface area contributed by atoms with Gasteiger partial charge in [0.25, 0.3) is 16.6 Å². The summed E-state index contributed by atoms with van der Waals surface area (Å²) in [7, 11) is -7.27. The SMILES string of the molecule is C=C[C@H](C[C@@H](CC#C[Si](C)(C)C)O[Si](c1ccccc1)(c1ccccc1)C(C)(C)C)O[Si](c1ccccc1)(c1ccccc1)C(C)(C)C. The van der Waals surface area contributed by atoms with Gasteiger partial charge in [0.15, 0.2) is 0 Å². The van der Waals surface area contributed by atoms with Gasteiger partial charge in [-0.1, -0.05) is 189 Å². The summed E-state index contributed by atoms with van der Waals surface area (Å²) in [6, 6.07) is 43.6. The molecule has 2 atom stereocenters.